The van der Waals surface area contributed by atoms with Crippen LogP contribution in [0.5, 0.6) is 0 Å². The van der Waals surface area contributed by atoms with Crippen LogP contribution in [-0.4, -0.2) is 14.5 Å². The van der Waals surface area contributed by atoms with Crippen molar-refractivity contribution in [2.75, 3.05) is 5.73 Å². The zero-order valence-corrected chi connectivity index (χ0v) is 11.7. The van der Waals surface area contributed by atoms with Gasteiger partial charge in [-0.3, -0.25) is 4.98 Å². The minimum Gasteiger partial charge on any atom is -0.398 e. The van der Waals surface area contributed by atoms with Crippen LogP contribution in [0.1, 0.15) is 31.3 Å². The lowest BCUT2D eigenvalue weighted by atomic mass is 10.1. The van der Waals surface area contributed by atoms with Crippen LogP contribution in [-0.2, 0) is 6.42 Å². The van der Waals surface area contributed by atoms with Crippen molar-refractivity contribution < 1.29 is 0 Å². The summed E-state index contributed by atoms with van der Waals surface area (Å²) in [6, 6.07) is 10.3. The van der Waals surface area contributed by atoms with Crippen LogP contribution in [0.4, 0.5) is 5.69 Å². The molecule has 0 fully saturated rings. The molecule has 4 nitrogen and oxygen atoms in total. The summed E-state index contributed by atoms with van der Waals surface area (Å²) in [6.07, 6.45) is 4.36. The highest BCUT2D eigenvalue weighted by atomic mass is 15.1. The van der Waals surface area contributed by atoms with Gasteiger partial charge in [-0.15, -0.1) is 0 Å². The molecule has 0 aliphatic carbocycles. The van der Waals surface area contributed by atoms with Crippen molar-refractivity contribution in [1.82, 2.24) is 14.5 Å². The number of anilines is 1. The van der Waals surface area contributed by atoms with E-state index in [1.807, 2.05) is 36.7 Å². The minimum absolute atomic E-state index is 0.349. The van der Waals surface area contributed by atoms with Gasteiger partial charge in [-0.25, -0.2) is 4.98 Å². The van der Waals surface area contributed by atoms with Gasteiger partial charge in [0.15, 0.2) is 0 Å². The second kappa shape index (κ2) is 4.96. The first-order valence-corrected chi connectivity index (χ1v) is 6.81. The fourth-order valence-electron chi connectivity index (χ4n) is 2.57. The highest BCUT2D eigenvalue weighted by Gasteiger charge is 2.14. The molecular weight excluding hydrogens is 248 g/mol. The summed E-state index contributed by atoms with van der Waals surface area (Å²) in [5, 5.41) is 0. The molecule has 0 amide bonds. The number of benzene rings is 1. The first-order valence-electron chi connectivity index (χ1n) is 6.81. The number of hydrogen-bond acceptors (Lipinski definition) is 3. The van der Waals surface area contributed by atoms with Gasteiger partial charge in [-0.05, 0) is 31.5 Å². The van der Waals surface area contributed by atoms with E-state index in [0.717, 1.165) is 34.5 Å². The minimum atomic E-state index is 0.349. The first kappa shape index (κ1) is 12.7. The maximum absolute atomic E-state index is 6.04. The molecule has 0 atom stereocenters. The number of imidazole rings is 1. The van der Waals surface area contributed by atoms with Crippen molar-refractivity contribution in [3.05, 3.63) is 54.1 Å². The van der Waals surface area contributed by atoms with E-state index < -0.39 is 0 Å². The van der Waals surface area contributed by atoms with Crippen molar-refractivity contribution >= 4 is 16.7 Å². The smallest absolute Gasteiger partial charge is 0.114 e. The number of fused-ring (bicyclic) bond motifs is 1. The van der Waals surface area contributed by atoms with Gasteiger partial charge in [-0.1, -0.05) is 18.2 Å². The Morgan fingerprint density at radius 2 is 2.00 bits per heavy atom. The lowest BCUT2D eigenvalue weighted by Gasteiger charge is -2.13. The molecule has 1 aromatic carbocycles. The Bertz CT molecular complexity index is 743. The maximum Gasteiger partial charge on any atom is 0.114 e. The molecule has 0 aliphatic rings. The summed E-state index contributed by atoms with van der Waals surface area (Å²) in [4.78, 5) is 8.87. The van der Waals surface area contributed by atoms with Crippen LogP contribution in [0.2, 0.25) is 0 Å². The lowest BCUT2D eigenvalue weighted by Crippen LogP contribution is -2.08. The highest BCUT2D eigenvalue weighted by Crippen LogP contribution is 2.23. The number of aromatic nitrogens is 3. The third-order valence-electron chi connectivity index (χ3n) is 3.48. The van der Waals surface area contributed by atoms with E-state index in [9.17, 15) is 0 Å². The van der Waals surface area contributed by atoms with Gasteiger partial charge in [0, 0.05) is 24.3 Å². The molecule has 2 heterocycles. The van der Waals surface area contributed by atoms with E-state index in [-0.39, 0.29) is 0 Å². The Hall–Kier alpha value is -2.36. The third-order valence-corrected chi connectivity index (χ3v) is 3.48. The summed E-state index contributed by atoms with van der Waals surface area (Å²) >= 11 is 0. The second-order valence-electron chi connectivity index (χ2n) is 5.23. The number of nitrogens with zero attached hydrogens (tertiary/aromatic N) is 3. The molecule has 0 saturated carbocycles. The van der Waals surface area contributed by atoms with Gasteiger partial charge in [-0.2, -0.15) is 0 Å². The summed E-state index contributed by atoms with van der Waals surface area (Å²) in [6.45, 7) is 4.33. The van der Waals surface area contributed by atoms with Crippen molar-refractivity contribution in [2.45, 2.75) is 26.3 Å². The average Bonchev–Trinajstić information content (AvgIpc) is 2.79. The molecule has 0 spiro atoms. The van der Waals surface area contributed by atoms with Crippen LogP contribution < -0.4 is 5.73 Å². The summed E-state index contributed by atoms with van der Waals surface area (Å²) in [5.41, 5.74) is 10.0. The van der Waals surface area contributed by atoms with E-state index in [1.54, 1.807) is 0 Å². The summed E-state index contributed by atoms with van der Waals surface area (Å²) in [7, 11) is 0. The second-order valence-corrected chi connectivity index (χ2v) is 5.23. The van der Waals surface area contributed by atoms with Crippen molar-refractivity contribution in [2.24, 2.45) is 0 Å². The van der Waals surface area contributed by atoms with Gasteiger partial charge in [0.05, 0.1) is 11.7 Å². The molecule has 4 heteroatoms. The first-order chi connectivity index (χ1) is 9.66. The molecule has 2 aromatic heterocycles. The van der Waals surface area contributed by atoms with Crippen LogP contribution >= 0.6 is 0 Å². The van der Waals surface area contributed by atoms with E-state index >= 15 is 0 Å². The Labute approximate surface area is 118 Å². The third kappa shape index (κ3) is 2.13. The molecule has 0 unspecified atom stereocenters. The molecule has 0 aliphatic heterocycles. The van der Waals surface area contributed by atoms with E-state index in [1.165, 1.54) is 0 Å². The number of para-hydroxylation sites is 1. The Morgan fingerprint density at radius 3 is 2.75 bits per heavy atom. The zero-order chi connectivity index (χ0) is 14.1. The van der Waals surface area contributed by atoms with Crippen LogP contribution in [0.15, 0.2) is 42.7 Å². The van der Waals surface area contributed by atoms with Crippen LogP contribution in [0.25, 0.3) is 11.0 Å². The van der Waals surface area contributed by atoms with Crippen LogP contribution in [0, 0.1) is 0 Å². The monoisotopic (exact) mass is 266 g/mol. The number of hydrogen-bond donors (Lipinski definition) is 1. The van der Waals surface area contributed by atoms with Crippen LogP contribution in [0.3, 0.4) is 0 Å². The number of nitrogen functional groups attached to an aromatic ring is 1. The van der Waals surface area contributed by atoms with Gasteiger partial charge in [0.25, 0.3) is 0 Å². The largest absolute Gasteiger partial charge is 0.398 e. The topological polar surface area (TPSA) is 56.7 Å². The predicted octanol–water partition coefficient (Wildman–Crippen LogP) is 3.19. The van der Waals surface area contributed by atoms with E-state index in [4.69, 9.17) is 10.7 Å². The van der Waals surface area contributed by atoms with E-state index in [0.29, 0.717) is 6.04 Å². The lowest BCUT2D eigenvalue weighted by molar-refractivity contribution is 0.591. The molecule has 0 bridgehead atoms. The van der Waals surface area contributed by atoms with Gasteiger partial charge in [0.1, 0.15) is 11.3 Å². The quantitative estimate of drug-likeness (QED) is 0.741. The molecule has 102 valence electrons. The Morgan fingerprint density at radius 1 is 1.20 bits per heavy atom. The molecule has 2 N–H and O–H groups in total. The molecule has 0 saturated heterocycles. The molecule has 0 radical (unpaired) electrons. The number of nitrogens with two attached hydrogens (primary N) is 1. The summed E-state index contributed by atoms with van der Waals surface area (Å²) < 4.78 is 2.25. The van der Waals surface area contributed by atoms with Crippen molar-refractivity contribution in [1.29, 1.82) is 0 Å². The standard InChI is InChI=1S/C16H18N4/c1-11(2)20-15-7-8-18-10-14(15)19-16(20)9-12-5-3-4-6-13(12)17/h3-8,10-11H,9,17H2,1-2H3. The van der Waals surface area contributed by atoms with Crippen molar-refractivity contribution in [3.8, 4) is 0 Å². The molecule has 3 rings (SSSR count). The van der Waals surface area contributed by atoms with Gasteiger partial charge >= 0.3 is 0 Å². The van der Waals surface area contributed by atoms with Gasteiger partial charge < -0.3 is 10.3 Å². The summed E-state index contributed by atoms with van der Waals surface area (Å²) in [5.74, 6) is 1.03. The van der Waals surface area contributed by atoms with Gasteiger partial charge in [0.2, 0.25) is 0 Å². The maximum atomic E-state index is 6.04. The Balaban J connectivity index is 2.12. The number of pyridine rings is 1. The molecule has 20 heavy (non-hydrogen) atoms. The normalized spacial score (nSPS) is 11.3. The average molecular weight is 266 g/mol. The van der Waals surface area contributed by atoms with E-state index in [2.05, 4.69) is 29.5 Å². The Kier molecular flexibility index (Phi) is 3.14. The fraction of sp³-hybridized carbons (Fsp3) is 0.250. The SMILES string of the molecule is CC(C)n1c(Cc2ccccc2N)nc2cnccc21. The molecule has 3 aromatic rings. The molecular formula is C16H18N4. The number of rotatable bonds is 3. The highest BCUT2D eigenvalue weighted by molar-refractivity contribution is 5.75. The predicted molar refractivity (Wildman–Crippen MR) is 81.6 cm³/mol. The zero-order valence-electron chi connectivity index (χ0n) is 11.7. The van der Waals surface area contributed by atoms with Crippen molar-refractivity contribution in [3.63, 3.8) is 0 Å². The fourth-order valence-corrected chi connectivity index (χ4v) is 2.57.